The molecular formula is C19H22FN3O4S2. The Morgan fingerprint density at radius 3 is 2.90 bits per heavy atom. The first-order valence-electron chi connectivity index (χ1n) is 9.24. The van der Waals surface area contributed by atoms with Crippen molar-refractivity contribution in [1.29, 1.82) is 0 Å². The summed E-state index contributed by atoms with van der Waals surface area (Å²) in [6.45, 7) is 1.23. The first kappa shape index (κ1) is 21.7. The summed E-state index contributed by atoms with van der Waals surface area (Å²) in [5, 5.41) is 15.1. The Morgan fingerprint density at radius 1 is 1.41 bits per heavy atom. The van der Waals surface area contributed by atoms with Crippen LogP contribution in [-0.4, -0.2) is 53.4 Å². The Morgan fingerprint density at radius 2 is 2.24 bits per heavy atom. The zero-order chi connectivity index (χ0) is 20.5. The fraction of sp³-hybridized carbons (Fsp3) is 0.421. The zero-order valence-corrected chi connectivity index (χ0v) is 17.3. The molecule has 29 heavy (non-hydrogen) atoms. The molecule has 1 aromatic carbocycles. The van der Waals surface area contributed by atoms with Crippen LogP contribution in [0.2, 0.25) is 0 Å². The number of thioether (sulfide) groups is 1. The van der Waals surface area contributed by atoms with Gasteiger partial charge >= 0.3 is 0 Å². The van der Waals surface area contributed by atoms with E-state index in [1.54, 1.807) is 23.9 Å². The molecule has 0 spiro atoms. The van der Waals surface area contributed by atoms with Gasteiger partial charge in [-0.2, -0.15) is 4.39 Å². The van der Waals surface area contributed by atoms with Crippen LogP contribution in [0.3, 0.4) is 0 Å². The minimum absolute atomic E-state index is 0.0874. The molecule has 156 valence electrons. The highest BCUT2D eigenvalue weighted by Crippen LogP contribution is 2.21. The molecule has 0 bridgehead atoms. The van der Waals surface area contributed by atoms with Gasteiger partial charge in [0.25, 0.3) is 5.91 Å². The van der Waals surface area contributed by atoms with E-state index in [1.807, 2.05) is 12.1 Å². The maximum Gasteiger partial charge on any atom is 0.280 e. The largest absolute Gasteiger partial charge is 0.396 e. The summed E-state index contributed by atoms with van der Waals surface area (Å²) >= 11 is 2.42. The number of rotatable bonds is 10. The Labute approximate surface area is 176 Å². The van der Waals surface area contributed by atoms with Crippen molar-refractivity contribution in [3.63, 3.8) is 0 Å². The number of aliphatic hydroxyl groups is 1. The van der Waals surface area contributed by atoms with Gasteiger partial charge in [0.2, 0.25) is 0 Å². The standard InChI is InChI=1S/C19H22FN3O4S2/c20-16-11-21-19(29-16)22-18(25)17(23-27-14-7-9-26-12-14)13-3-5-15(6-4-13)28-10-2-1-8-24/h3-6,11,14,24H,1-2,7-10,12H2,(H,21,22,25)/b23-17+/t14-/m1/s1. The van der Waals surface area contributed by atoms with Crippen LogP contribution in [0, 0.1) is 5.13 Å². The van der Waals surface area contributed by atoms with Gasteiger partial charge in [0.05, 0.1) is 19.4 Å². The lowest BCUT2D eigenvalue weighted by Crippen LogP contribution is -2.25. The van der Waals surface area contributed by atoms with E-state index in [2.05, 4.69) is 15.5 Å². The normalized spacial score (nSPS) is 16.8. The summed E-state index contributed by atoms with van der Waals surface area (Å²) in [5.41, 5.74) is 0.669. The van der Waals surface area contributed by atoms with Crippen LogP contribution in [0.5, 0.6) is 0 Å². The van der Waals surface area contributed by atoms with Gasteiger partial charge in [0.1, 0.15) is 0 Å². The maximum absolute atomic E-state index is 13.2. The van der Waals surface area contributed by atoms with E-state index < -0.39 is 11.0 Å². The molecule has 0 radical (unpaired) electrons. The third-order valence-electron chi connectivity index (χ3n) is 4.04. The van der Waals surface area contributed by atoms with Crippen molar-refractivity contribution in [2.45, 2.75) is 30.3 Å². The molecular weight excluding hydrogens is 417 g/mol. The molecule has 0 aliphatic carbocycles. The predicted octanol–water partition coefficient (Wildman–Crippen LogP) is 3.30. The molecule has 2 N–H and O–H groups in total. The average molecular weight is 440 g/mol. The molecule has 3 rings (SSSR count). The molecule has 2 aromatic rings. The SMILES string of the molecule is O=C(Nc1ncc(F)s1)/C(=N/O[C@@H]1CCOC1)c1ccc(SCCCCO)cc1. The van der Waals surface area contributed by atoms with E-state index in [0.717, 1.165) is 41.0 Å². The minimum Gasteiger partial charge on any atom is -0.396 e. The van der Waals surface area contributed by atoms with E-state index >= 15 is 0 Å². The number of anilines is 1. The van der Waals surface area contributed by atoms with Crippen molar-refractivity contribution in [3.8, 4) is 0 Å². The number of hydrogen-bond acceptors (Lipinski definition) is 8. The molecule has 0 saturated carbocycles. The second-order valence-electron chi connectivity index (χ2n) is 6.26. The topological polar surface area (TPSA) is 93.0 Å². The Hall–Kier alpha value is -2.01. The highest BCUT2D eigenvalue weighted by Gasteiger charge is 2.21. The van der Waals surface area contributed by atoms with Gasteiger partial charge in [-0.25, -0.2) is 4.98 Å². The van der Waals surface area contributed by atoms with Gasteiger partial charge in [-0.1, -0.05) is 28.6 Å². The maximum atomic E-state index is 13.2. The van der Waals surface area contributed by atoms with Crippen molar-refractivity contribution in [2.24, 2.45) is 5.16 Å². The number of carbonyl (C=O) groups is 1. The first-order chi connectivity index (χ1) is 14.2. The van der Waals surface area contributed by atoms with Gasteiger partial charge in [0.15, 0.2) is 22.1 Å². The fourth-order valence-electron chi connectivity index (χ4n) is 2.53. The summed E-state index contributed by atoms with van der Waals surface area (Å²) in [6, 6.07) is 7.40. The molecule has 1 saturated heterocycles. The monoisotopic (exact) mass is 439 g/mol. The van der Waals surface area contributed by atoms with Crippen LogP contribution >= 0.6 is 23.1 Å². The number of halogens is 1. The van der Waals surface area contributed by atoms with Crippen molar-refractivity contribution in [3.05, 3.63) is 41.2 Å². The average Bonchev–Trinajstić information content (AvgIpc) is 3.38. The molecule has 1 aromatic heterocycles. The van der Waals surface area contributed by atoms with Crippen molar-refractivity contribution < 1.29 is 23.9 Å². The first-order valence-corrected chi connectivity index (χ1v) is 11.0. The second-order valence-corrected chi connectivity index (χ2v) is 8.41. The van der Waals surface area contributed by atoms with Crippen molar-refractivity contribution in [2.75, 3.05) is 30.9 Å². The lowest BCUT2D eigenvalue weighted by Gasteiger charge is -2.10. The number of nitrogens with zero attached hydrogens (tertiary/aromatic N) is 2. The van der Waals surface area contributed by atoms with Crippen LogP contribution in [-0.2, 0) is 14.4 Å². The third-order valence-corrected chi connectivity index (χ3v) is 5.84. The molecule has 0 unspecified atom stereocenters. The summed E-state index contributed by atoms with van der Waals surface area (Å²) < 4.78 is 18.4. The summed E-state index contributed by atoms with van der Waals surface area (Å²) in [5.74, 6) is 0.378. The smallest absolute Gasteiger partial charge is 0.280 e. The molecule has 1 aliphatic rings. The fourth-order valence-corrected chi connectivity index (χ4v) is 3.98. The summed E-state index contributed by atoms with van der Waals surface area (Å²) in [4.78, 5) is 23.1. The van der Waals surface area contributed by atoms with E-state index in [-0.39, 0.29) is 23.6 Å². The molecule has 1 amide bonds. The zero-order valence-electron chi connectivity index (χ0n) is 15.7. The summed E-state index contributed by atoms with van der Waals surface area (Å²) in [6.07, 6.45) is 3.27. The molecule has 10 heteroatoms. The number of unbranched alkanes of at least 4 members (excludes halogenated alkanes) is 1. The Kier molecular flexibility index (Phi) is 8.41. The number of hydrogen-bond donors (Lipinski definition) is 2. The van der Waals surface area contributed by atoms with Crippen LogP contribution in [0.1, 0.15) is 24.8 Å². The number of oxime groups is 1. The highest BCUT2D eigenvalue weighted by molar-refractivity contribution is 7.99. The number of aromatic nitrogens is 1. The molecule has 1 aliphatic heterocycles. The Bertz CT molecular complexity index is 823. The van der Waals surface area contributed by atoms with E-state index in [4.69, 9.17) is 14.7 Å². The van der Waals surface area contributed by atoms with Crippen LogP contribution < -0.4 is 5.32 Å². The van der Waals surface area contributed by atoms with Gasteiger partial charge in [0, 0.05) is 23.5 Å². The lowest BCUT2D eigenvalue weighted by atomic mass is 10.1. The molecule has 1 fully saturated rings. The van der Waals surface area contributed by atoms with Crippen LogP contribution in [0.15, 0.2) is 40.5 Å². The van der Waals surface area contributed by atoms with Crippen LogP contribution in [0.4, 0.5) is 9.52 Å². The van der Waals surface area contributed by atoms with Gasteiger partial charge in [-0.3, -0.25) is 10.1 Å². The number of aliphatic hydroxyl groups excluding tert-OH is 1. The number of benzene rings is 1. The molecule has 7 nitrogen and oxygen atoms in total. The lowest BCUT2D eigenvalue weighted by molar-refractivity contribution is -0.110. The van der Waals surface area contributed by atoms with E-state index in [0.29, 0.717) is 25.2 Å². The Balaban J connectivity index is 1.71. The number of thiazole rings is 1. The van der Waals surface area contributed by atoms with Crippen molar-refractivity contribution in [1.82, 2.24) is 4.98 Å². The van der Waals surface area contributed by atoms with Gasteiger partial charge < -0.3 is 14.7 Å². The third kappa shape index (κ3) is 6.77. The quantitative estimate of drug-likeness (QED) is 0.255. The van der Waals surface area contributed by atoms with E-state index in [9.17, 15) is 9.18 Å². The summed E-state index contributed by atoms with van der Waals surface area (Å²) in [7, 11) is 0. The number of nitrogens with one attached hydrogen (secondary N) is 1. The van der Waals surface area contributed by atoms with Crippen LogP contribution in [0.25, 0.3) is 0 Å². The van der Waals surface area contributed by atoms with Gasteiger partial charge in [-0.05, 0) is 30.7 Å². The minimum atomic E-state index is -0.526. The second kappa shape index (κ2) is 11.2. The van der Waals surface area contributed by atoms with Crippen molar-refractivity contribution >= 4 is 39.8 Å². The number of carbonyl (C=O) groups excluding carboxylic acids is 1. The van der Waals surface area contributed by atoms with Gasteiger partial charge in [-0.15, -0.1) is 11.8 Å². The predicted molar refractivity (Wildman–Crippen MR) is 111 cm³/mol. The molecule has 2 heterocycles. The molecule has 1 atom stereocenters. The highest BCUT2D eigenvalue weighted by atomic mass is 32.2. The van der Waals surface area contributed by atoms with E-state index in [1.165, 1.54) is 0 Å². The number of ether oxygens (including phenoxy) is 1. The number of amides is 1.